The third-order valence-electron chi connectivity index (χ3n) is 4.91. The number of carbonyl (C=O) groups excluding carboxylic acids is 2. The van der Waals surface area contributed by atoms with Crippen molar-refractivity contribution in [3.05, 3.63) is 84.0 Å². The lowest BCUT2D eigenvalue weighted by molar-refractivity contribution is -0.115. The lowest BCUT2D eigenvalue weighted by Crippen LogP contribution is -2.24. The maximum absolute atomic E-state index is 13.1. The molecule has 162 valence electrons. The van der Waals surface area contributed by atoms with Crippen LogP contribution in [0.25, 0.3) is 11.3 Å². The van der Waals surface area contributed by atoms with E-state index < -0.39 is 0 Å². The smallest absolute Gasteiger partial charge is 0.251 e. The molecule has 6 nitrogen and oxygen atoms in total. The number of Topliss-reactive ketones (excluding diaryl/α,β-unsaturated/α-hetero) is 1. The van der Waals surface area contributed by atoms with Crippen molar-refractivity contribution in [3.8, 4) is 0 Å². The molecule has 2 aromatic heterocycles. The first-order valence-electron chi connectivity index (χ1n) is 10.3. The Labute approximate surface area is 184 Å². The number of pyridine rings is 1. The van der Waals surface area contributed by atoms with Crippen LogP contribution in [0.2, 0.25) is 0 Å². The summed E-state index contributed by atoms with van der Waals surface area (Å²) in [6.07, 6.45) is 10.4. The van der Waals surface area contributed by atoms with Crippen molar-refractivity contribution in [1.29, 1.82) is 0 Å². The lowest BCUT2D eigenvalue weighted by atomic mass is 10.0. The molecular weight excluding hydrogens is 388 g/mol. The molecule has 0 unspecified atom stereocenters. The molecule has 2 aromatic rings. The fraction of sp³-hybridized carbons (Fsp3) is 0.280. The molecule has 0 aromatic carbocycles. The Morgan fingerprint density at radius 2 is 1.97 bits per heavy atom. The number of rotatable bonds is 10. The Morgan fingerprint density at radius 1 is 1.23 bits per heavy atom. The highest BCUT2D eigenvalue weighted by atomic mass is 16.1. The van der Waals surface area contributed by atoms with Crippen LogP contribution in [0.15, 0.2) is 61.5 Å². The van der Waals surface area contributed by atoms with Crippen molar-refractivity contribution < 1.29 is 9.59 Å². The topological polar surface area (TPSA) is 76.9 Å². The lowest BCUT2D eigenvalue weighted by Gasteiger charge is -2.11. The second-order valence-electron chi connectivity index (χ2n) is 7.26. The highest BCUT2D eigenvalue weighted by Crippen LogP contribution is 2.23. The van der Waals surface area contributed by atoms with Gasteiger partial charge in [0.2, 0.25) is 0 Å². The van der Waals surface area contributed by atoms with Gasteiger partial charge in [-0.05, 0) is 44.4 Å². The number of nitrogens with zero attached hydrogens (tertiary/aromatic N) is 3. The maximum Gasteiger partial charge on any atom is 0.251 e. The monoisotopic (exact) mass is 418 g/mol. The Balaban J connectivity index is 2.27. The molecule has 0 saturated carbocycles. The normalized spacial score (nSPS) is 11.5. The Hall–Kier alpha value is -3.54. The molecular formula is C25H30N4O2. The first-order valence-corrected chi connectivity index (χ1v) is 10.3. The second kappa shape index (κ2) is 11.0. The zero-order valence-electron chi connectivity index (χ0n) is 18.7. The zero-order valence-corrected chi connectivity index (χ0v) is 18.7. The van der Waals surface area contributed by atoms with Gasteiger partial charge in [0.05, 0.1) is 11.9 Å². The summed E-state index contributed by atoms with van der Waals surface area (Å²) in [4.78, 5) is 28.6. The number of allylic oxidation sites excluding steroid dienone is 5. The van der Waals surface area contributed by atoms with E-state index in [1.54, 1.807) is 29.2 Å². The first kappa shape index (κ1) is 23.7. The quantitative estimate of drug-likeness (QED) is 0.258. The van der Waals surface area contributed by atoms with Crippen molar-refractivity contribution in [3.63, 3.8) is 0 Å². The number of nitrogens with one attached hydrogen (secondary N) is 1. The van der Waals surface area contributed by atoms with Gasteiger partial charge in [0.25, 0.3) is 5.91 Å². The van der Waals surface area contributed by atoms with Crippen molar-refractivity contribution in [2.24, 2.45) is 0 Å². The summed E-state index contributed by atoms with van der Waals surface area (Å²) < 4.78 is 1.72. The second-order valence-corrected chi connectivity index (χ2v) is 7.26. The van der Waals surface area contributed by atoms with Crippen LogP contribution in [0.5, 0.6) is 0 Å². The van der Waals surface area contributed by atoms with E-state index in [-0.39, 0.29) is 11.7 Å². The van der Waals surface area contributed by atoms with Crippen molar-refractivity contribution >= 4 is 23.0 Å². The number of hydrogen-bond acceptors (Lipinski definition) is 4. The zero-order chi connectivity index (χ0) is 23.0. The van der Waals surface area contributed by atoms with E-state index in [1.807, 2.05) is 39.0 Å². The molecule has 0 saturated heterocycles. The van der Waals surface area contributed by atoms with E-state index in [4.69, 9.17) is 0 Å². The minimum atomic E-state index is -0.209. The van der Waals surface area contributed by atoms with Crippen LogP contribution in [0.1, 0.15) is 60.9 Å². The summed E-state index contributed by atoms with van der Waals surface area (Å²) in [6, 6.07) is 3.45. The first-order chi connectivity index (χ1) is 14.8. The molecule has 2 rings (SSSR count). The molecule has 1 N–H and O–H groups in total. The summed E-state index contributed by atoms with van der Waals surface area (Å²) in [5, 5.41) is 7.35. The van der Waals surface area contributed by atoms with Crippen molar-refractivity contribution in [2.45, 2.75) is 47.1 Å². The summed E-state index contributed by atoms with van der Waals surface area (Å²) in [5.41, 5.74) is 5.09. The minimum absolute atomic E-state index is 0.0936. The number of amides is 1. The molecule has 0 radical (unpaired) electrons. The Bertz CT molecular complexity index is 1040. The van der Waals surface area contributed by atoms with Gasteiger partial charge in [-0.25, -0.2) is 4.68 Å². The van der Waals surface area contributed by atoms with Crippen molar-refractivity contribution in [1.82, 2.24) is 20.1 Å². The Morgan fingerprint density at radius 3 is 2.55 bits per heavy atom. The average Bonchev–Trinajstić information content (AvgIpc) is 3.13. The van der Waals surface area contributed by atoms with E-state index in [0.717, 1.165) is 34.5 Å². The molecule has 1 amide bonds. The van der Waals surface area contributed by atoms with Gasteiger partial charge in [0.1, 0.15) is 5.69 Å². The van der Waals surface area contributed by atoms with Crippen LogP contribution < -0.4 is 5.32 Å². The Kier molecular flexibility index (Phi) is 8.43. The fourth-order valence-electron chi connectivity index (χ4n) is 2.96. The fourth-order valence-corrected chi connectivity index (χ4v) is 2.96. The molecule has 31 heavy (non-hydrogen) atoms. The molecule has 0 aliphatic carbocycles. The molecule has 0 atom stereocenters. The van der Waals surface area contributed by atoms with Gasteiger partial charge in [-0.2, -0.15) is 5.10 Å². The molecule has 2 heterocycles. The van der Waals surface area contributed by atoms with Gasteiger partial charge in [0.15, 0.2) is 5.78 Å². The predicted octanol–water partition coefficient (Wildman–Crippen LogP) is 4.89. The van der Waals surface area contributed by atoms with Gasteiger partial charge >= 0.3 is 0 Å². The van der Waals surface area contributed by atoms with Crippen LogP contribution in [-0.2, 0) is 11.3 Å². The molecule has 0 spiro atoms. The molecule has 0 bridgehead atoms. The van der Waals surface area contributed by atoms with Crippen LogP contribution >= 0.6 is 0 Å². The van der Waals surface area contributed by atoms with E-state index in [0.29, 0.717) is 24.2 Å². The van der Waals surface area contributed by atoms with Gasteiger partial charge in [-0.15, -0.1) is 0 Å². The maximum atomic E-state index is 13.1. The van der Waals surface area contributed by atoms with Crippen LogP contribution in [-0.4, -0.2) is 26.5 Å². The van der Waals surface area contributed by atoms with E-state index in [9.17, 15) is 9.59 Å². The average molecular weight is 419 g/mol. The highest BCUT2D eigenvalue weighted by Gasteiger charge is 2.18. The minimum Gasteiger partial charge on any atom is -0.348 e. The third kappa shape index (κ3) is 6.22. The van der Waals surface area contributed by atoms with Crippen LogP contribution in [0, 0.1) is 6.92 Å². The predicted molar refractivity (Wildman–Crippen MR) is 125 cm³/mol. The molecule has 0 aliphatic rings. The van der Waals surface area contributed by atoms with Gasteiger partial charge in [-0.3, -0.25) is 14.6 Å². The molecule has 0 aliphatic heterocycles. The number of aromatic nitrogens is 3. The number of hydrogen-bond donors (Lipinski definition) is 1. The van der Waals surface area contributed by atoms with Gasteiger partial charge in [0, 0.05) is 36.5 Å². The summed E-state index contributed by atoms with van der Waals surface area (Å²) in [6.45, 7) is 15.7. The molecule has 0 fully saturated rings. The van der Waals surface area contributed by atoms with E-state index >= 15 is 0 Å². The SMILES string of the molecule is C=C(CC)CC=C(C(=O)NCc1ccc(C(C)=O)nc1)c1cnn(C(=C)C=CC)c1C. The van der Waals surface area contributed by atoms with Crippen LogP contribution in [0.4, 0.5) is 0 Å². The van der Waals surface area contributed by atoms with Crippen molar-refractivity contribution in [2.75, 3.05) is 0 Å². The third-order valence-corrected chi connectivity index (χ3v) is 4.91. The van der Waals surface area contributed by atoms with Crippen LogP contribution in [0.3, 0.4) is 0 Å². The van der Waals surface area contributed by atoms with E-state index in [2.05, 4.69) is 28.6 Å². The standard InChI is InChI=1S/C25H30N4O2/c1-7-9-18(4)29-19(5)23(16-28-29)22(12-10-17(3)8-2)25(31)27-15-21-11-13-24(20(6)30)26-14-21/h7,9,11-14,16H,3-4,8,10,15H2,1-2,5-6H3,(H,27,31). The largest absolute Gasteiger partial charge is 0.348 e. The highest BCUT2D eigenvalue weighted by molar-refractivity contribution is 6.19. The van der Waals surface area contributed by atoms with Gasteiger partial charge in [-0.1, -0.05) is 43.9 Å². The number of ketones is 1. The molecule has 6 heteroatoms. The summed E-state index contributed by atoms with van der Waals surface area (Å²) in [5.74, 6) is -0.303. The van der Waals surface area contributed by atoms with Gasteiger partial charge < -0.3 is 5.32 Å². The summed E-state index contributed by atoms with van der Waals surface area (Å²) in [7, 11) is 0. The van der Waals surface area contributed by atoms with E-state index in [1.165, 1.54) is 6.92 Å². The number of carbonyl (C=O) groups is 2. The summed E-state index contributed by atoms with van der Waals surface area (Å²) >= 11 is 0.